The molecule has 0 bridgehead atoms. The number of nitrogens with zero attached hydrogens (tertiary/aromatic N) is 3. The number of rotatable bonds is 5. The number of aryl methyl sites for hydroxylation is 1. The van der Waals surface area contributed by atoms with Crippen molar-refractivity contribution in [1.29, 1.82) is 0 Å². The monoisotopic (exact) mass is 347 g/mol. The van der Waals surface area contributed by atoms with Crippen LogP contribution < -0.4 is 5.56 Å². The quantitative estimate of drug-likeness (QED) is 0.709. The van der Waals surface area contributed by atoms with Crippen molar-refractivity contribution in [2.24, 2.45) is 0 Å². The number of hydrogen-bond donors (Lipinski definition) is 0. The van der Waals surface area contributed by atoms with Crippen LogP contribution in [0.4, 0.5) is 0 Å². The third kappa shape index (κ3) is 3.42. The summed E-state index contributed by atoms with van der Waals surface area (Å²) in [6.07, 6.45) is 6.27. The number of fused-ring (bicyclic) bond motifs is 2. The molecule has 26 heavy (non-hydrogen) atoms. The van der Waals surface area contributed by atoms with E-state index in [1.165, 1.54) is 17.5 Å². The molecule has 4 nitrogen and oxygen atoms in total. The summed E-state index contributed by atoms with van der Waals surface area (Å²) in [6.45, 7) is 3.98. The molecule has 1 unspecified atom stereocenters. The van der Waals surface area contributed by atoms with Gasteiger partial charge in [-0.1, -0.05) is 37.3 Å². The van der Waals surface area contributed by atoms with E-state index in [0.717, 1.165) is 43.7 Å². The van der Waals surface area contributed by atoms with Gasteiger partial charge in [-0.2, -0.15) is 0 Å². The van der Waals surface area contributed by atoms with Gasteiger partial charge in [0.05, 0.1) is 5.69 Å². The first kappa shape index (κ1) is 17.0. The van der Waals surface area contributed by atoms with Crippen LogP contribution >= 0.6 is 0 Å². The zero-order chi connectivity index (χ0) is 17.9. The average molecular weight is 347 g/mol. The van der Waals surface area contributed by atoms with Gasteiger partial charge in [-0.3, -0.25) is 14.1 Å². The summed E-state index contributed by atoms with van der Waals surface area (Å²) in [4.78, 5) is 19.6. The molecule has 0 saturated carbocycles. The zero-order valence-corrected chi connectivity index (χ0v) is 15.3. The van der Waals surface area contributed by atoms with Gasteiger partial charge in [-0.15, -0.1) is 0 Å². The smallest absolute Gasteiger partial charge is 0.258 e. The fourth-order valence-electron chi connectivity index (χ4n) is 4.06. The minimum atomic E-state index is -0.00367. The van der Waals surface area contributed by atoms with Gasteiger partial charge in [-0.05, 0) is 55.5 Å². The Labute approximate surface area is 154 Å². The summed E-state index contributed by atoms with van der Waals surface area (Å²) in [6, 6.07) is 16.7. The van der Waals surface area contributed by atoms with Gasteiger partial charge in [0.15, 0.2) is 0 Å². The molecule has 4 rings (SSSR count). The highest BCUT2D eigenvalue weighted by molar-refractivity contribution is 5.38. The van der Waals surface area contributed by atoms with E-state index < -0.39 is 0 Å². The maximum Gasteiger partial charge on any atom is 0.258 e. The van der Waals surface area contributed by atoms with Crippen LogP contribution in [0.15, 0.2) is 59.5 Å². The molecule has 0 amide bonds. The van der Waals surface area contributed by atoms with Crippen molar-refractivity contribution in [3.05, 3.63) is 81.9 Å². The maximum atomic E-state index is 12.4. The van der Waals surface area contributed by atoms with Crippen LogP contribution in [0, 0.1) is 0 Å². The van der Waals surface area contributed by atoms with Crippen LogP contribution in [0.1, 0.15) is 36.6 Å². The van der Waals surface area contributed by atoms with Gasteiger partial charge in [0.1, 0.15) is 5.65 Å². The van der Waals surface area contributed by atoms with E-state index in [1.54, 1.807) is 16.7 Å². The van der Waals surface area contributed by atoms with Gasteiger partial charge in [-0.25, -0.2) is 4.98 Å². The minimum absolute atomic E-state index is 0.00367. The molecule has 0 N–H and O–H groups in total. The molecule has 134 valence electrons. The predicted octanol–water partition coefficient (Wildman–Crippen LogP) is 3.46. The third-order valence-electron chi connectivity index (χ3n) is 5.34. The van der Waals surface area contributed by atoms with Crippen LogP contribution in [0.25, 0.3) is 5.65 Å². The SMILES string of the molecule is CCCN(Cc1cc(=O)n2ccccc2n1)C1CCc2ccccc2C1. The summed E-state index contributed by atoms with van der Waals surface area (Å²) in [5, 5.41) is 0. The van der Waals surface area contributed by atoms with Gasteiger partial charge in [0.25, 0.3) is 5.56 Å². The number of pyridine rings is 1. The predicted molar refractivity (Wildman–Crippen MR) is 104 cm³/mol. The topological polar surface area (TPSA) is 37.6 Å². The molecular weight excluding hydrogens is 322 g/mol. The molecule has 0 spiro atoms. The standard InChI is InChI=1S/C22H25N3O/c1-2-12-24(20-11-10-17-7-3-4-8-18(17)14-20)16-19-15-22(26)25-13-6-5-9-21(25)23-19/h3-9,13,15,20H,2,10-12,14,16H2,1H3. The lowest BCUT2D eigenvalue weighted by molar-refractivity contribution is 0.169. The number of benzene rings is 1. The Morgan fingerprint density at radius 2 is 1.96 bits per heavy atom. The van der Waals surface area contributed by atoms with Crippen molar-refractivity contribution in [1.82, 2.24) is 14.3 Å². The Morgan fingerprint density at radius 1 is 1.15 bits per heavy atom. The Morgan fingerprint density at radius 3 is 2.81 bits per heavy atom. The Hall–Kier alpha value is -2.46. The lowest BCUT2D eigenvalue weighted by Gasteiger charge is -2.35. The van der Waals surface area contributed by atoms with Crippen LogP contribution in [0.2, 0.25) is 0 Å². The zero-order valence-electron chi connectivity index (χ0n) is 15.3. The molecule has 1 aromatic carbocycles. The van der Waals surface area contributed by atoms with E-state index in [9.17, 15) is 4.79 Å². The molecule has 1 aliphatic rings. The van der Waals surface area contributed by atoms with Gasteiger partial charge in [0.2, 0.25) is 0 Å². The van der Waals surface area contributed by atoms with E-state index in [0.29, 0.717) is 6.04 Å². The highest BCUT2D eigenvalue weighted by atomic mass is 16.1. The van der Waals surface area contributed by atoms with Crippen molar-refractivity contribution in [3.63, 3.8) is 0 Å². The minimum Gasteiger partial charge on any atom is -0.294 e. The molecule has 2 aromatic heterocycles. The molecule has 4 heteroatoms. The van der Waals surface area contributed by atoms with Crippen molar-refractivity contribution < 1.29 is 0 Å². The lowest BCUT2D eigenvalue weighted by atomic mass is 9.87. The second-order valence-electron chi connectivity index (χ2n) is 7.15. The number of aromatic nitrogens is 2. The van der Waals surface area contributed by atoms with Crippen molar-refractivity contribution in [2.45, 2.75) is 45.2 Å². The first-order valence-electron chi connectivity index (χ1n) is 9.53. The van der Waals surface area contributed by atoms with Crippen LogP contribution in [0.5, 0.6) is 0 Å². The number of hydrogen-bond acceptors (Lipinski definition) is 3. The summed E-state index contributed by atoms with van der Waals surface area (Å²) in [5.41, 5.74) is 4.55. The molecule has 0 saturated heterocycles. The third-order valence-corrected chi connectivity index (χ3v) is 5.34. The highest BCUT2D eigenvalue weighted by Gasteiger charge is 2.24. The van der Waals surface area contributed by atoms with Crippen molar-refractivity contribution >= 4 is 5.65 Å². The summed E-state index contributed by atoms with van der Waals surface area (Å²) < 4.78 is 1.60. The summed E-state index contributed by atoms with van der Waals surface area (Å²) in [7, 11) is 0. The van der Waals surface area contributed by atoms with Crippen LogP contribution in [-0.2, 0) is 19.4 Å². The molecule has 0 fully saturated rings. The van der Waals surface area contributed by atoms with E-state index >= 15 is 0 Å². The Balaban J connectivity index is 1.59. The van der Waals surface area contributed by atoms with Crippen LogP contribution in [-0.4, -0.2) is 26.9 Å². The molecule has 3 aromatic rings. The summed E-state index contributed by atoms with van der Waals surface area (Å²) >= 11 is 0. The molecule has 1 atom stereocenters. The molecule has 1 aliphatic carbocycles. The van der Waals surface area contributed by atoms with E-state index in [-0.39, 0.29) is 5.56 Å². The summed E-state index contributed by atoms with van der Waals surface area (Å²) in [5.74, 6) is 0. The van der Waals surface area contributed by atoms with Crippen LogP contribution in [0.3, 0.4) is 0 Å². The average Bonchev–Trinajstić information content (AvgIpc) is 2.67. The fourth-order valence-corrected chi connectivity index (χ4v) is 4.06. The van der Waals surface area contributed by atoms with Gasteiger partial charge >= 0.3 is 0 Å². The second-order valence-corrected chi connectivity index (χ2v) is 7.15. The maximum absolute atomic E-state index is 12.4. The van der Waals surface area contributed by atoms with Crippen molar-refractivity contribution in [2.75, 3.05) is 6.54 Å². The van der Waals surface area contributed by atoms with Gasteiger partial charge < -0.3 is 0 Å². The van der Waals surface area contributed by atoms with E-state index in [4.69, 9.17) is 4.98 Å². The Kier molecular flexibility index (Phi) is 4.85. The van der Waals surface area contributed by atoms with E-state index in [1.807, 2.05) is 18.2 Å². The van der Waals surface area contributed by atoms with Gasteiger partial charge in [0, 0.05) is 24.8 Å². The first-order chi connectivity index (χ1) is 12.7. The molecule has 2 heterocycles. The molecule has 0 radical (unpaired) electrons. The lowest BCUT2D eigenvalue weighted by Crippen LogP contribution is -2.39. The highest BCUT2D eigenvalue weighted by Crippen LogP contribution is 2.25. The Bertz CT molecular complexity index is 963. The molecule has 0 aliphatic heterocycles. The largest absolute Gasteiger partial charge is 0.294 e. The van der Waals surface area contributed by atoms with Crippen molar-refractivity contribution in [3.8, 4) is 0 Å². The first-order valence-corrected chi connectivity index (χ1v) is 9.53. The molecular formula is C22H25N3O. The normalized spacial score (nSPS) is 16.8. The fraction of sp³-hybridized carbons (Fsp3) is 0.364. The second kappa shape index (κ2) is 7.42. The van der Waals surface area contributed by atoms with E-state index in [2.05, 4.69) is 36.1 Å².